The van der Waals surface area contributed by atoms with Gasteiger partial charge in [0.1, 0.15) is 17.7 Å². The molecule has 3 heterocycles. The molecule has 0 spiro atoms. The monoisotopic (exact) mass is 468 g/mol. The Morgan fingerprint density at radius 2 is 1.97 bits per heavy atom. The van der Waals surface area contributed by atoms with E-state index in [1.54, 1.807) is 24.3 Å². The number of carbonyl (C=O) groups excluding carboxylic acids is 1. The second-order valence-electron chi connectivity index (χ2n) is 7.15. The van der Waals surface area contributed by atoms with Crippen LogP contribution in [0, 0.1) is 11.8 Å². The lowest BCUT2D eigenvalue weighted by Crippen LogP contribution is -2.19. The van der Waals surface area contributed by atoms with E-state index in [9.17, 15) is 14.7 Å². The Morgan fingerprint density at radius 1 is 1.18 bits per heavy atom. The predicted molar refractivity (Wildman–Crippen MR) is 110 cm³/mol. The maximum Gasteiger partial charge on any atom is 0.412 e. The third-order valence-electron chi connectivity index (χ3n) is 4.95. The normalized spacial score (nSPS) is 13.8. The van der Waals surface area contributed by atoms with Gasteiger partial charge in [-0.15, -0.1) is 0 Å². The van der Waals surface area contributed by atoms with Crippen molar-refractivity contribution in [1.82, 2.24) is 15.1 Å². The Bertz CT molecular complexity index is 1410. The molecule has 166 valence electrons. The number of aliphatic carboxylic acids is 1. The van der Waals surface area contributed by atoms with E-state index >= 15 is 0 Å². The van der Waals surface area contributed by atoms with E-state index in [0.29, 0.717) is 23.4 Å². The molecule has 2 N–H and O–H groups in total. The number of nitrogens with one attached hydrogen (secondary N) is 1. The van der Waals surface area contributed by atoms with Crippen LogP contribution in [0.5, 0.6) is 0 Å². The van der Waals surface area contributed by atoms with E-state index in [2.05, 4.69) is 32.3 Å². The number of carboxylic acids is 1. The molecular formula is C21H13ClN4O7. The molecule has 1 aliphatic rings. The van der Waals surface area contributed by atoms with Crippen molar-refractivity contribution in [3.05, 3.63) is 58.6 Å². The number of nitrogens with zero attached hydrogens (tertiary/aromatic N) is 3. The van der Waals surface area contributed by atoms with Crippen LogP contribution in [0.1, 0.15) is 35.9 Å². The number of halogens is 1. The summed E-state index contributed by atoms with van der Waals surface area (Å²) in [4.78, 5) is 31.6. The molecule has 4 aromatic rings. The van der Waals surface area contributed by atoms with Crippen molar-refractivity contribution in [2.75, 3.05) is 5.32 Å². The van der Waals surface area contributed by atoms with Gasteiger partial charge in [0.2, 0.25) is 11.7 Å². The fraction of sp³-hybridized carbons (Fsp3) is 0.190. The molecule has 0 saturated heterocycles. The molecule has 0 unspecified atom stereocenters. The maximum atomic E-state index is 12.1. The summed E-state index contributed by atoms with van der Waals surface area (Å²) in [6.45, 7) is -0.0225. The van der Waals surface area contributed by atoms with Crippen LogP contribution in [0.2, 0.25) is 5.02 Å². The van der Waals surface area contributed by atoms with Gasteiger partial charge in [-0.05, 0) is 24.8 Å². The molecule has 1 fully saturated rings. The van der Waals surface area contributed by atoms with Crippen LogP contribution in [0.3, 0.4) is 0 Å². The summed E-state index contributed by atoms with van der Waals surface area (Å²) in [5, 5.41) is 15.9. The molecule has 1 aromatic carbocycles. The fourth-order valence-electron chi connectivity index (χ4n) is 2.98. The van der Waals surface area contributed by atoms with Gasteiger partial charge in [0, 0.05) is 16.5 Å². The van der Waals surface area contributed by atoms with Crippen molar-refractivity contribution in [3.63, 3.8) is 0 Å². The number of carbonyl (C=O) groups is 2. The first-order valence-corrected chi connectivity index (χ1v) is 9.97. The first kappa shape index (κ1) is 20.6. The van der Waals surface area contributed by atoms with Crippen molar-refractivity contribution < 1.29 is 32.8 Å². The number of benzene rings is 1. The molecule has 1 saturated carbocycles. The fourth-order valence-corrected chi connectivity index (χ4v) is 3.17. The average molecular weight is 469 g/mol. The van der Waals surface area contributed by atoms with E-state index in [0.717, 1.165) is 0 Å². The number of oxazole rings is 2. The summed E-state index contributed by atoms with van der Waals surface area (Å²) in [5.74, 6) is 4.31. The summed E-state index contributed by atoms with van der Waals surface area (Å²) in [7, 11) is 0. The van der Waals surface area contributed by atoms with Gasteiger partial charge in [0.15, 0.2) is 0 Å². The summed E-state index contributed by atoms with van der Waals surface area (Å²) >= 11 is 6.04. The van der Waals surface area contributed by atoms with Gasteiger partial charge < -0.3 is 23.2 Å². The number of fused-ring (bicyclic) bond motifs is 1. The van der Waals surface area contributed by atoms with Crippen molar-refractivity contribution >= 4 is 40.8 Å². The Kier molecular flexibility index (Phi) is 4.99. The Morgan fingerprint density at radius 3 is 2.70 bits per heavy atom. The van der Waals surface area contributed by atoms with Gasteiger partial charge in [-0.25, -0.2) is 4.79 Å². The number of ether oxygens (including phenoxy) is 1. The predicted octanol–water partition coefficient (Wildman–Crippen LogP) is 3.72. The molecule has 1 amide bonds. The third-order valence-corrected chi connectivity index (χ3v) is 5.32. The minimum absolute atomic E-state index is 0.0225. The highest BCUT2D eigenvalue weighted by Gasteiger charge is 2.56. The zero-order valence-electron chi connectivity index (χ0n) is 16.6. The lowest BCUT2D eigenvalue weighted by atomic mass is 10.1. The number of carboxylic acid groups (broad SMARTS) is 1. The highest BCUT2D eigenvalue weighted by atomic mass is 35.5. The molecule has 12 heteroatoms. The van der Waals surface area contributed by atoms with Crippen LogP contribution >= 0.6 is 11.6 Å². The van der Waals surface area contributed by atoms with Crippen molar-refractivity contribution in [3.8, 4) is 11.8 Å². The molecular weight excluding hydrogens is 456 g/mol. The third kappa shape index (κ3) is 3.99. The van der Waals surface area contributed by atoms with Crippen molar-refractivity contribution in [2.24, 2.45) is 0 Å². The van der Waals surface area contributed by atoms with Crippen molar-refractivity contribution in [2.45, 2.75) is 24.9 Å². The van der Waals surface area contributed by atoms with Crippen LogP contribution in [-0.4, -0.2) is 32.3 Å². The SMILES string of the molecule is O=C(Nc1cnoc1C#Cc1nc2oc(C3(C(=O)O)CC3)nc2o1)OCc1ccccc1Cl. The summed E-state index contributed by atoms with van der Waals surface area (Å²) in [6.07, 6.45) is 1.40. The zero-order valence-corrected chi connectivity index (χ0v) is 17.4. The quantitative estimate of drug-likeness (QED) is 0.414. The number of hydrogen-bond acceptors (Lipinski definition) is 9. The van der Waals surface area contributed by atoms with Gasteiger partial charge in [0.05, 0.1) is 6.20 Å². The van der Waals surface area contributed by atoms with Crippen LogP contribution in [-0.2, 0) is 21.6 Å². The maximum absolute atomic E-state index is 12.1. The van der Waals surface area contributed by atoms with Crippen molar-refractivity contribution in [1.29, 1.82) is 0 Å². The minimum Gasteiger partial charge on any atom is -0.480 e. The largest absolute Gasteiger partial charge is 0.480 e. The highest BCUT2D eigenvalue weighted by molar-refractivity contribution is 6.31. The van der Waals surface area contributed by atoms with Gasteiger partial charge in [-0.1, -0.05) is 35.0 Å². The molecule has 0 aliphatic heterocycles. The number of aromatic nitrogens is 3. The zero-order chi connectivity index (χ0) is 23.0. The molecule has 0 bridgehead atoms. The molecule has 0 radical (unpaired) electrons. The Labute approximate surface area is 189 Å². The summed E-state index contributed by atoms with van der Waals surface area (Å²) < 4.78 is 21.0. The number of amides is 1. The smallest absolute Gasteiger partial charge is 0.412 e. The van der Waals surface area contributed by atoms with E-state index in [-0.39, 0.29) is 41.3 Å². The lowest BCUT2D eigenvalue weighted by Gasteiger charge is -2.06. The first-order chi connectivity index (χ1) is 15.9. The molecule has 1 aliphatic carbocycles. The molecule has 3 aromatic heterocycles. The number of rotatable bonds is 5. The van der Waals surface area contributed by atoms with E-state index in [1.165, 1.54) is 6.20 Å². The minimum atomic E-state index is -1.10. The number of anilines is 1. The summed E-state index contributed by atoms with van der Waals surface area (Å²) in [6, 6.07) is 6.98. The lowest BCUT2D eigenvalue weighted by molar-refractivity contribution is -0.140. The Balaban J connectivity index is 1.26. The van der Waals surface area contributed by atoms with Gasteiger partial charge in [0.25, 0.3) is 17.3 Å². The molecule has 0 atom stereocenters. The van der Waals surface area contributed by atoms with Gasteiger partial charge in [-0.2, -0.15) is 9.97 Å². The highest BCUT2D eigenvalue weighted by Crippen LogP contribution is 2.48. The first-order valence-electron chi connectivity index (χ1n) is 9.60. The molecule has 33 heavy (non-hydrogen) atoms. The van der Waals surface area contributed by atoms with E-state index < -0.39 is 17.5 Å². The van der Waals surface area contributed by atoms with Crippen LogP contribution in [0.15, 0.2) is 43.8 Å². The van der Waals surface area contributed by atoms with Gasteiger partial charge >= 0.3 is 12.1 Å². The van der Waals surface area contributed by atoms with Crippen LogP contribution in [0.4, 0.5) is 10.5 Å². The van der Waals surface area contributed by atoms with Crippen LogP contribution < -0.4 is 5.32 Å². The molecule has 5 rings (SSSR count). The second kappa shape index (κ2) is 7.99. The standard InChI is InChI=1S/C21H13ClN4O7/c22-12-4-2-1-3-11(12)10-30-20(29)24-13-9-23-33-14(13)5-6-15-25-16-17(31-15)26-18(32-16)21(7-8-21)19(27)28/h1-4,9H,7-8,10H2,(H,24,29)(H,27,28). The molecule has 11 nitrogen and oxygen atoms in total. The number of hydrogen-bond donors (Lipinski definition) is 2. The van der Waals surface area contributed by atoms with Crippen LogP contribution in [0.25, 0.3) is 11.4 Å². The van der Waals surface area contributed by atoms with Gasteiger partial charge in [-0.3, -0.25) is 10.1 Å². The Hall–Kier alpha value is -4.30. The average Bonchev–Trinajstić information content (AvgIpc) is 3.11. The summed E-state index contributed by atoms with van der Waals surface area (Å²) in [5.41, 5.74) is -0.183. The van der Waals surface area contributed by atoms with E-state index in [1.807, 2.05) is 0 Å². The van der Waals surface area contributed by atoms with E-state index in [4.69, 9.17) is 29.7 Å². The topological polar surface area (TPSA) is 154 Å². The second-order valence-corrected chi connectivity index (χ2v) is 7.55.